The number of likely N-dealkylation sites (N-methyl/N-ethyl adjacent to an activating group) is 1. The molecule has 0 aliphatic heterocycles. The van der Waals surface area contributed by atoms with Crippen molar-refractivity contribution < 1.29 is 4.79 Å². The standard InChI is InChI=1S/C9H17N5O/c1-4-13(2)8(15)5-11-9-7(10)6-14(3)12-9/h6H,4-5,10H2,1-3H3,(H,11,12). The van der Waals surface area contributed by atoms with Crippen LogP contribution in [0.3, 0.4) is 0 Å². The van der Waals surface area contributed by atoms with Crippen molar-refractivity contribution in [3.05, 3.63) is 6.20 Å². The van der Waals surface area contributed by atoms with Gasteiger partial charge in [0.25, 0.3) is 0 Å². The van der Waals surface area contributed by atoms with E-state index in [0.717, 1.165) is 0 Å². The van der Waals surface area contributed by atoms with Gasteiger partial charge >= 0.3 is 0 Å². The zero-order chi connectivity index (χ0) is 11.4. The third-order valence-electron chi connectivity index (χ3n) is 2.16. The van der Waals surface area contributed by atoms with Crippen LogP contribution in [0.15, 0.2) is 6.20 Å². The molecular formula is C9H17N5O. The van der Waals surface area contributed by atoms with Gasteiger partial charge in [-0.25, -0.2) is 0 Å². The second-order valence-electron chi connectivity index (χ2n) is 3.37. The summed E-state index contributed by atoms with van der Waals surface area (Å²) in [5, 5.41) is 6.98. The van der Waals surface area contributed by atoms with Gasteiger partial charge in [-0.05, 0) is 6.92 Å². The lowest BCUT2D eigenvalue weighted by atomic mass is 10.4. The van der Waals surface area contributed by atoms with E-state index in [1.165, 1.54) is 0 Å². The zero-order valence-electron chi connectivity index (χ0n) is 9.32. The lowest BCUT2D eigenvalue weighted by Crippen LogP contribution is -2.32. The molecule has 84 valence electrons. The van der Waals surface area contributed by atoms with Gasteiger partial charge in [0.2, 0.25) is 5.91 Å². The number of nitrogens with zero attached hydrogens (tertiary/aromatic N) is 3. The van der Waals surface area contributed by atoms with Crippen LogP contribution >= 0.6 is 0 Å². The highest BCUT2D eigenvalue weighted by molar-refractivity contribution is 5.81. The molecule has 0 aliphatic rings. The van der Waals surface area contributed by atoms with E-state index in [0.29, 0.717) is 18.1 Å². The molecule has 0 radical (unpaired) electrons. The van der Waals surface area contributed by atoms with Crippen molar-refractivity contribution in [2.45, 2.75) is 6.92 Å². The fraction of sp³-hybridized carbons (Fsp3) is 0.556. The van der Waals surface area contributed by atoms with Crippen molar-refractivity contribution in [1.29, 1.82) is 0 Å². The van der Waals surface area contributed by atoms with Crippen LogP contribution in [0.25, 0.3) is 0 Å². The molecule has 0 saturated carbocycles. The Kier molecular flexibility index (Phi) is 3.54. The van der Waals surface area contributed by atoms with Gasteiger partial charge in [0, 0.05) is 26.8 Å². The van der Waals surface area contributed by atoms with E-state index in [1.807, 2.05) is 6.92 Å². The first-order valence-corrected chi connectivity index (χ1v) is 4.81. The Balaban J connectivity index is 2.50. The number of anilines is 2. The molecule has 0 bridgehead atoms. The zero-order valence-corrected chi connectivity index (χ0v) is 9.32. The van der Waals surface area contributed by atoms with Crippen molar-refractivity contribution >= 4 is 17.4 Å². The maximum Gasteiger partial charge on any atom is 0.241 e. The third-order valence-corrected chi connectivity index (χ3v) is 2.16. The summed E-state index contributed by atoms with van der Waals surface area (Å²) < 4.78 is 1.60. The predicted octanol–water partition coefficient (Wildman–Crippen LogP) is -0.107. The van der Waals surface area contributed by atoms with Crippen LogP contribution in [0.2, 0.25) is 0 Å². The Hall–Kier alpha value is -1.72. The van der Waals surface area contributed by atoms with Crippen LogP contribution in [0.5, 0.6) is 0 Å². The Labute approximate surface area is 89.0 Å². The fourth-order valence-electron chi connectivity index (χ4n) is 1.11. The van der Waals surface area contributed by atoms with Gasteiger partial charge in [0.15, 0.2) is 5.82 Å². The minimum absolute atomic E-state index is 0.0163. The molecule has 0 unspecified atom stereocenters. The summed E-state index contributed by atoms with van der Waals surface area (Å²) in [6, 6.07) is 0. The lowest BCUT2D eigenvalue weighted by molar-refractivity contribution is -0.127. The molecule has 6 nitrogen and oxygen atoms in total. The van der Waals surface area contributed by atoms with E-state index in [9.17, 15) is 4.79 Å². The summed E-state index contributed by atoms with van der Waals surface area (Å²) in [4.78, 5) is 13.1. The molecule has 0 aromatic carbocycles. The number of rotatable bonds is 4. The van der Waals surface area contributed by atoms with Gasteiger partial charge in [0.05, 0.1) is 12.2 Å². The maximum absolute atomic E-state index is 11.5. The first kappa shape index (κ1) is 11.4. The number of carbonyl (C=O) groups is 1. The number of amides is 1. The highest BCUT2D eigenvalue weighted by atomic mass is 16.2. The molecule has 6 heteroatoms. The van der Waals surface area contributed by atoms with Crippen LogP contribution in [0.1, 0.15) is 6.92 Å². The van der Waals surface area contributed by atoms with Gasteiger partial charge in [-0.15, -0.1) is 0 Å². The van der Waals surface area contributed by atoms with E-state index in [-0.39, 0.29) is 12.5 Å². The van der Waals surface area contributed by atoms with E-state index in [4.69, 9.17) is 5.73 Å². The van der Waals surface area contributed by atoms with Gasteiger partial charge < -0.3 is 16.0 Å². The van der Waals surface area contributed by atoms with Crippen molar-refractivity contribution in [1.82, 2.24) is 14.7 Å². The van der Waals surface area contributed by atoms with Gasteiger partial charge in [-0.3, -0.25) is 9.48 Å². The molecule has 15 heavy (non-hydrogen) atoms. The van der Waals surface area contributed by atoms with Crippen molar-refractivity contribution in [3.63, 3.8) is 0 Å². The molecule has 1 rings (SSSR count). The number of hydrogen-bond donors (Lipinski definition) is 2. The van der Waals surface area contributed by atoms with E-state index >= 15 is 0 Å². The number of carbonyl (C=O) groups excluding carboxylic acids is 1. The van der Waals surface area contributed by atoms with Crippen molar-refractivity contribution in [2.24, 2.45) is 7.05 Å². The summed E-state index contributed by atoms with van der Waals surface area (Å²) in [6.45, 7) is 2.83. The second-order valence-corrected chi connectivity index (χ2v) is 3.37. The number of hydrogen-bond acceptors (Lipinski definition) is 4. The summed E-state index contributed by atoms with van der Waals surface area (Å²) in [7, 11) is 3.54. The first-order valence-electron chi connectivity index (χ1n) is 4.81. The monoisotopic (exact) mass is 211 g/mol. The Bertz CT molecular complexity index is 346. The highest BCUT2D eigenvalue weighted by Crippen LogP contribution is 2.13. The van der Waals surface area contributed by atoms with E-state index in [1.54, 1.807) is 29.9 Å². The SMILES string of the molecule is CCN(C)C(=O)CNc1nn(C)cc1N. The van der Waals surface area contributed by atoms with E-state index in [2.05, 4.69) is 10.4 Å². The largest absolute Gasteiger partial charge is 0.394 e. The molecule has 1 heterocycles. The third kappa shape index (κ3) is 2.87. The summed E-state index contributed by atoms with van der Waals surface area (Å²) in [6.07, 6.45) is 1.69. The molecule has 1 amide bonds. The number of aromatic nitrogens is 2. The van der Waals surface area contributed by atoms with Crippen LogP contribution in [-0.2, 0) is 11.8 Å². The van der Waals surface area contributed by atoms with Gasteiger partial charge in [0.1, 0.15) is 0 Å². The normalized spacial score (nSPS) is 10.1. The average Bonchev–Trinajstić information content (AvgIpc) is 2.52. The number of nitrogens with one attached hydrogen (secondary N) is 1. The lowest BCUT2D eigenvalue weighted by Gasteiger charge is -2.14. The molecule has 1 aromatic rings. The minimum atomic E-state index is 0.0163. The molecule has 0 spiro atoms. The Morgan fingerprint density at radius 2 is 2.40 bits per heavy atom. The maximum atomic E-state index is 11.5. The minimum Gasteiger partial charge on any atom is -0.394 e. The molecule has 0 saturated heterocycles. The molecule has 0 fully saturated rings. The topological polar surface area (TPSA) is 76.2 Å². The van der Waals surface area contributed by atoms with Crippen LogP contribution < -0.4 is 11.1 Å². The summed E-state index contributed by atoms with van der Waals surface area (Å²) in [5.41, 5.74) is 6.21. The molecule has 3 N–H and O–H groups in total. The predicted molar refractivity (Wildman–Crippen MR) is 59.4 cm³/mol. The van der Waals surface area contributed by atoms with Crippen LogP contribution in [0.4, 0.5) is 11.5 Å². The summed E-state index contributed by atoms with van der Waals surface area (Å²) in [5.74, 6) is 0.568. The van der Waals surface area contributed by atoms with Crippen LogP contribution in [0, 0.1) is 0 Å². The number of aryl methyl sites for hydroxylation is 1. The smallest absolute Gasteiger partial charge is 0.241 e. The first-order chi connectivity index (χ1) is 7.04. The summed E-state index contributed by atoms with van der Waals surface area (Å²) >= 11 is 0. The molecule has 0 atom stereocenters. The van der Waals surface area contributed by atoms with Gasteiger partial charge in [-0.1, -0.05) is 0 Å². The number of nitrogens with two attached hydrogens (primary N) is 1. The van der Waals surface area contributed by atoms with E-state index < -0.39 is 0 Å². The van der Waals surface area contributed by atoms with Crippen molar-refractivity contribution in [2.75, 3.05) is 31.2 Å². The average molecular weight is 211 g/mol. The molecule has 1 aromatic heterocycles. The number of nitrogen functional groups attached to an aromatic ring is 1. The second kappa shape index (κ2) is 4.68. The van der Waals surface area contributed by atoms with Crippen molar-refractivity contribution in [3.8, 4) is 0 Å². The Morgan fingerprint density at radius 1 is 1.73 bits per heavy atom. The van der Waals surface area contributed by atoms with Crippen LogP contribution in [-0.4, -0.2) is 40.7 Å². The molecular weight excluding hydrogens is 194 g/mol. The van der Waals surface area contributed by atoms with Gasteiger partial charge in [-0.2, -0.15) is 5.10 Å². The quantitative estimate of drug-likeness (QED) is 0.728. The Morgan fingerprint density at radius 3 is 2.87 bits per heavy atom. The fourth-order valence-corrected chi connectivity index (χ4v) is 1.11. The highest BCUT2D eigenvalue weighted by Gasteiger charge is 2.08. The molecule has 0 aliphatic carbocycles.